The van der Waals surface area contributed by atoms with Gasteiger partial charge in [0.1, 0.15) is 12.4 Å². The van der Waals surface area contributed by atoms with Crippen LogP contribution in [0.2, 0.25) is 0 Å². The highest BCUT2D eigenvalue weighted by Crippen LogP contribution is 2.28. The Bertz CT molecular complexity index is 1020. The molecule has 0 unspecified atom stereocenters. The van der Waals surface area contributed by atoms with Crippen LogP contribution < -0.4 is 0 Å². The van der Waals surface area contributed by atoms with Crippen LogP contribution in [0.1, 0.15) is 34.0 Å². The van der Waals surface area contributed by atoms with E-state index in [1.54, 1.807) is 11.7 Å². The molecule has 0 aliphatic heterocycles. The van der Waals surface area contributed by atoms with Crippen molar-refractivity contribution in [3.05, 3.63) is 65.5 Å². The van der Waals surface area contributed by atoms with E-state index in [1.165, 1.54) is 17.3 Å². The van der Waals surface area contributed by atoms with Gasteiger partial charge in [-0.05, 0) is 31.4 Å². The van der Waals surface area contributed by atoms with E-state index in [-0.39, 0.29) is 18.3 Å². The van der Waals surface area contributed by atoms with Crippen LogP contribution in [0.25, 0.3) is 5.69 Å². The summed E-state index contributed by atoms with van der Waals surface area (Å²) >= 11 is 0. The third kappa shape index (κ3) is 3.90. The molecule has 6 nitrogen and oxygen atoms in total. The SMILES string of the molecule is CN(Cc1nccn1CC(F)(F)F)C(=O)c1nn(-c2ccccc2)c2c1CCC2. The Balaban J connectivity index is 1.59. The number of carbonyl (C=O) groups is 1. The monoisotopic (exact) mass is 403 g/mol. The summed E-state index contributed by atoms with van der Waals surface area (Å²) in [6.45, 7) is -1.17. The zero-order valence-corrected chi connectivity index (χ0v) is 15.9. The van der Waals surface area contributed by atoms with Gasteiger partial charge in [-0.1, -0.05) is 18.2 Å². The van der Waals surface area contributed by atoms with Gasteiger partial charge in [0.05, 0.1) is 12.2 Å². The number of nitrogens with zero attached hydrogens (tertiary/aromatic N) is 5. The summed E-state index contributed by atoms with van der Waals surface area (Å²) in [6.07, 6.45) is 0.765. The van der Waals surface area contributed by atoms with E-state index < -0.39 is 12.7 Å². The lowest BCUT2D eigenvalue weighted by Gasteiger charge is -2.18. The predicted molar refractivity (Wildman–Crippen MR) is 99.7 cm³/mol. The smallest absolute Gasteiger partial charge is 0.333 e. The van der Waals surface area contributed by atoms with Crippen molar-refractivity contribution in [3.63, 3.8) is 0 Å². The Morgan fingerprint density at radius 2 is 1.97 bits per heavy atom. The van der Waals surface area contributed by atoms with Crippen molar-refractivity contribution in [1.82, 2.24) is 24.2 Å². The number of para-hydroxylation sites is 1. The molecule has 0 saturated heterocycles. The van der Waals surface area contributed by atoms with Crippen molar-refractivity contribution in [2.24, 2.45) is 0 Å². The molecule has 1 aliphatic carbocycles. The number of carbonyl (C=O) groups excluding carboxylic acids is 1. The maximum Gasteiger partial charge on any atom is 0.406 e. The van der Waals surface area contributed by atoms with Gasteiger partial charge in [0.2, 0.25) is 0 Å². The number of hydrogen-bond donors (Lipinski definition) is 0. The average Bonchev–Trinajstić information content (AvgIpc) is 3.38. The summed E-state index contributed by atoms with van der Waals surface area (Å²) in [7, 11) is 1.55. The minimum atomic E-state index is -4.35. The molecule has 2 aromatic heterocycles. The van der Waals surface area contributed by atoms with E-state index >= 15 is 0 Å². The molecule has 0 bridgehead atoms. The minimum absolute atomic E-state index is 0.0329. The molecule has 152 valence electrons. The molecule has 3 aromatic rings. The summed E-state index contributed by atoms with van der Waals surface area (Å²) in [5, 5.41) is 4.55. The first-order chi connectivity index (χ1) is 13.8. The van der Waals surface area contributed by atoms with Crippen molar-refractivity contribution < 1.29 is 18.0 Å². The lowest BCUT2D eigenvalue weighted by Crippen LogP contribution is -2.30. The summed E-state index contributed by atoms with van der Waals surface area (Å²) in [5.74, 6) is -0.142. The second-order valence-corrected chi connectivity index (χ2v) is 7.12. The first-order valence-corrected chi connectivity index (χ1v) is 9.32. The van der Waals surface area contributed by atoms with Gasteiger partial charge in [0, 0.05) is 30.7 Å². The Morgan fingerprint density at radius 1 is 1.21 bits per heavy atom. The molecule has 0 saturated carbocycles. The first-order valence-electron chi connectivity index (χ1n) is 9.32. The highest BCUT2D eigenvalue weighted by molar-refractivity contribution is 5.94. The number of alkyl halides is 3. The van der Waals surface area contributed by atoms with E-state index in [4.69, 9.17) is 0 Å². The molecule has 0 radical (unpaired) electrons. The van der Waals surface area contributed by atoms with Gasteiger partial charge >= 0.3 is 6.18 Å². The van der Waals surface area contributed by atoms with Crippen molar-refractivity contribution in [2.45, 2.75) is 38.5 Å². The molecule has 9 heteroatoms. The van der Waals surface area contributed by atoms with Crippen molar-refractivity contribution >= 4 is 5.91 Å². The van der Waals surface area contributed by atoms with Crippen LogP contribution in [0.5, 0.6) is 0 Å². The number of aromatic nitrogens is 4. The van der Waals surface area contributed by atoms with Crippen LogP contribution in [0.15, 0.2) is 42.7 Å². The topological polar surface area (TPSA) is 56.0 Å². The minimum Gasteiger partial charge on any atom is -0.333 e. The van der Waals surface area contributed by atoms with Gasteiger partial charge < -0.3 is 9.47 Å². The summed E-state index contributed by atoms with van der Waals surface area (Å²) in [4.78, 5) is 18.4. The first kappa shape index (κ1) is 19.2. The number of benzene rings is 1. The van der Waals surface area contributed by atoms with Crippen LogP contribution in [-0.2, 0) is 25.9 Å². The van der Waals surface area contributed by atoms with Gasteiger partial charge in [-0.3, -0.25) is 4.79 Å². The molecular weight excluding hydrogens is 383 g/mol. The van der Waals surface area contributed by atoms with Gasteiger partial charge in [-0.2, -0.15) is 18.3 Å². The van der Waals surface area contributed by atoms with Gasteiger partial charge in [0.25, 0.3) is 5.91 Å². The summed E-state index contributed by atoms with van der Waals surface area (Å²) in [5.41, 5.74) is 3.18. The van der Waals surface area contributed by atoms with Crippen molar-refractivity contribution in [3.8, 4) is 5.69 Å². The van der Waals surface area contributed by atoms with E-state index in [9.17, 15) is 18.0 Å². The zero-order valence-electron chi connectivity index (χ0n) is 15.9. The number of amides is 1. The van der Waals surface area contributed by atoms with E-state index in [0.29, 0.717) is 5.69 Å². The van der Waals surface area contributed by atoms with Crippen LogP contribution in [0, 0.1) is 0 Å². The Labute approximate surface area is 165 Å². The fourth-order valence-electron chi connectivity index (χ4n) is 3.69. The van der Waals surface area contributed by atoms with Crippen LogP contribution >= 0.6 is 0 Å². The maximum atomic E-state index is 13.1. The lowest BCUT2D eigenvalue weighted by molar-refractivity contribution is -0.141. The van der Waals surface area contributed by atoms with Gasteiger partial charge in [-0.25, -0.2) is 9.67 Å². The number of rotatable bonds is 5. The van der Waals surface area contributed by atoms with Crippen molar-refractivity contribution in [2.75, 3.05) is 7.05 Å². The molecule has 1 aromatic carbocycles. The third-order valence-corrected chi connectivity index (χ3v) is 5.01. The van der Waals surface area contributed by atoms with E-state index in [0.717, 1.165) is 40.8 Å². The van der Waals surface area contributed by atoms with Gasteiger partial charge in [0.15, 0.2) is 5.69 Å². The fourth-order valence-corrected chi connectivity index (χ4v) is 3.69. The predicted octanol–water partition coefficient (Wildman–Crippen LogP) is 3.39. The number of hydrogen-bond acceptors (Lipinski definition) is 3. The standard InChI is InChI=1S/C20H20F3N5O/c1-26(12-17-24-10-11-27(17)13-20(21,22)23)19(29)18-15-8-5-9-16(15)28(25-18)14-6-3-2-4-7-14/h2-4,6-7,10-11H,5,8-9,12-13H2,1H3. The van der Waals surface area contributed by atoms with Crippen LogP contribution in [0.4, 0.5) is 13.2 Å². The van der Waals surface area contributed by atoms with E-state index in [1.807, 2.05) is 30.3 Å². The zero-order chi connectivity index (χ0) is 20.6. The fraction of sp³-hybridized carbons (Fsp3) is 0.350. The molecular formula is C20H20F3N5O. The maximum absolute atomic E-state index is 13.1. The Hall–Kier alpha value is -3.10. The summed E-state index contributed by atoms with van der Waals surface area (Å²) < 4.78 is 41.0. The largest absolute Gasteiger partial charge is 0.406 e. The molecule has 0 N–H and O–H groups in total. The molecule has 1 amide bonds. The highest BCUT2D eigenvalue weighted by Gasteiger charge is 2.31. The lowest BCUT2D eigenvalue weighted by atomic mass is 10.2. The normalized spacial score (nSPS) is 13.5. The molecule has 0 spiro atoms. The average molecular weight is 403 g/mol. The van der Waals surface area contributed by atoms with Gasteiger partial charge in [-0.15, -0.1) is 0 Å². The number of imidazole rings is 1. The molecule has 4 rings (SSSR count). The highest BCUT2D eigenvalue weighted by atomic mass is 19.4. The second-order valence-electron chi connectivity index (χ2n) is 7.12. The molecule has 0 atom stereocenters. The molecule has 2 heterocycles. The van der Waals surface area contributed by atoms with E-state index in [2.05, 4.69) is 10.1 Å². The van der Waals surface area contributed by atoms with Crippen LogP contribution in [-0.4, -0.2) is 43.4 Å². The third-order valence-electron chi connectivity index (χ3n) is 5.01. The molecule has 1 aliphatic rings. The number of halogens is 3. The number of fused-ring (bicyclic) bond motifs is 1. The summed E-state index contributed by atoms with van der Waals surface area (Å²) in [6, 6.07) is 9.59. The molecule has 29 heavy (non-hydrogen) atoms. The van der Waals surface area contributed by atoms with Crippen LogP contribution in [0.3, 0.4) is 0 Å². The Kier molecular flexibility index (Phi) is 4.89. The van der Waals surface area contributed by atoms with Crippen molar-refractivity contribution in [1.29, 1.82) is 0 Å². The molecule has 0 fully saturated rings. The Morgan fingerprint density at radius 3 is 2.69 bits per heavy atom. The second kappa shape index (κ2) is 7.38. The quantitative estimate of drug-likeness (QED) is 0.656.